The summed E-state index contributed by atoms with van der Waals surface area (Å²) in [4.78, 5) is 0. The molecule has 0 aromatic rings. The summed E-state index contributed by atoms with van der Waals surface area (Å²) < 4.78 is 28.0. The molecule has 62 valence electrons. The number of rotatable bonds is 3. The van der Waals surface area contributed by atoms with Gasteiger partial charge < -0.3 is 10.2 Å². The van der Waals surface area contributed by atoms with Crippen molar-refractivity contribution < 1.29 is 82.3 Å². The third kappa shape index (κ3) is 6.31. The first-order chi connectivity index (χ1) is 4.31. The SMILES string of the molecule is CCCC([O-])([O-])S(=O)(=O)O.[Na+].[Na+]. The predicted octanol–water partition coefficient (Wildman–Crippen LogP) is -7.94. The largest absolute Gasteiger partial charge is 1.00 e. The molecule has 1 N–H and O–H groups in total. The first-order valence-electron chi connectivity index (χ1n) is 2.69. The second-order valence-corrected chi connectivity index (χ2v) is 3.48. The molecule has 0 atom stereocenters. The summed E-state index contributed by atoms with van der Waals surface area (Å²) in [5.41, 5.74) is 0. The van der Waals surface area contributed by atoms with Gasteiger partial charge in [0.1, 0.15) is 0 Å². The molecule has 0 bridgehead atoms. The minimum absolute atomic E-state index is 0. The fourth-order valence-corrected chi connectivity index (χ4v) is 0.897. The van der Waals surface area contributed by atoms with Crippen LogP contribution in [0.3, 0.4) is 0 Å². The molecule has 5 nitrogen and oxygen atoms in total. The predicted molar refractivity (Wildman–Crippen MR) is 29.2 cm³/mol. The summed E-state index contributed by atoms with van der Waals surface area (Å²) in [5.74, 6) is 0. The van der Waals surface area contributed by atoms with E-state index in [0.717, 1.165) is 0 Å². The maximum atomic E-state index is 10.3. The van der Waals surface area contributed by atoms with Gasteiger partial charge in [-0.3, -0.25) is 4.55 Å². The summed E-state index contributed by atoms with van der Waals surface area (Å²) in [5, 5.41) is 17.2. The Labute approximate surface area is 116 Å². The van der Waals surface area contributed by atoms with Crippen LogP contribution >= 0.6 is 0 Å². The Morgan fingerprint density at radius 3 is 1.75 bits per heavy atom. The average molecular weight is 214 g/mol. The third-order valence-corrected chi connectivity index (χ3v) is 1.94. The van der Waals surface area contributed by atoms with Gasteiger partial charge in [-0.1, -0.05) is 24.9 Å². The van der Waals surface area contributed by atoms with Crippen molar-refractivity contribution in [3.8, 4) is 0 Å². The zero-order chi connectivity index (χ0) is 8.41. The summed E-state index contributed by atoms with van der Waals surface area (Å²) in [6.45, 7) is 1.48. The van der Waals surface area contributed by atoms with Crippen molar-refractivity contribution in [1.29, 1.82) is 0 Å². The Morgan fingerprint density at radius 1 is 1.33 bits per heavy atom. The molecule has 0 fully saturated rings. The van der Waals surface area contributed by atoms with Crippen molar-refractivity contribution in [2.45, 2.75) is 24.9 Å². The van der Waals surface area contributed by atoms with E-state index < -0.39 is 21.7 Å². The Kier molecular flexibility index (Phi) is 11.6. The van der Waals surface area contributed by atoms with E-state index in [1.54, 1.807) is 0 Å². The van der Waals surface area contributed by atoms with Gasteiger partial charge in [0.2, 0.25) is 10.1 Å². The topological polar surface area (TPSA) is 100 Å². The van der Waals surface area contributed by atoms with E-state index in [1.165, 1.54) is 6.92 Å². The van der Waals surface area contributed by atoms with Crippen LogP contribution < -0.4 is 69.3 Å². The van der Waals surface area contributed by atoms with Crippen molar-refractivity contribution in [2.75, 3.05) is 0 Å². The monoisotopic (exact) mass is 214 g/mol. The smallest absolute Gasteiger partial charge is 0.850 e. The average Bonchev–Trinajstić information content (AvgIpc) is 1.61. The molecule has 12 heavy (non-hydrogen) atoms. The second-order valence-electron chi connectivity index (χ2n) is 1.91. The Morgan fingerprint density at radius 2 is 1.67 bits per heavy atom. The van der Waals surface area contributed by atoms with Crippen LogP contribution in [0.15, 0.2) is 0 Å². The molecule has 0 saturated heterocycles. The fraction of sp³-hybridized carbons (Fsp3) is 1.00. The molecular formula is C4H8Na2O5S. The van der Waals surface area contributed by atoms with Crippen molar-refractivity contribution in [3.63, 3.8) is 0 Å². The molecule has 8 heteroatoms. The molecule has 0 amide bonds. The van der Waals surface area contributed by atoms with E-state index in [9.17, 15) is 18.6 Å². The zero-order valence-corrected chi connectivity index (χ0v) is 12.2. The maximum absolute atomic E-state index is 10.3. The van der Waals surface area contributed by atoms with E-state index >= 15 is 0 Å². The van der Waals surface area contributed by atoms with Crippen molar-refractivity contribution in [2.24, 2.45) is 0 Å². The van der Waals surface area contributed by atoms with Gasteiger partial charge in [0.05, 0.1) is 0 Å². The summed E-state index contributed by atoms with van der Waals surface area (Å²) in [6, 6.07) is 0. The summed E-state index contributed by atoms with van der Waals surface area (Å²) >= 11 is 0. The quantitative estimate of drug-likeness (QED) is 0.285. The van der Waals surface area contributed by atoms with Gasteiger partial charge in [-0.2, -0.15) is 0 Å². The van der Waals surface area contributed by atoms with Crippen LogP contribution in [-0.2, 0) is 10.1 Å². The first kappa shape index (κ1) is 19.4. The molecule has 0 aliphatic rings. The van der Waals surface area contributed by atoms with E-state index in [0.29, 0.717) is 0 Å². The maximum Gasteiger partial charge on any atom is 1.00 e. The molecule has 0 aliphatic heterocycles. The summed E-state index contributed by atoms with van der Waals surface area (Å²) in [7, 11) is -4.98. The van der Waals surface area contributed by atoms with Crippen molar-refractivity contribution in [3.05, 3.63) is 0 Å². The minimum Gasteiger partial charge on any atom is -0.850 e. The van der Waals surface area contributed by atoms with Gasteiger partial charge >= 0.3 is 59.1 Å². The van der Waals surface area contributed by atoms with Gasteiger partial charge in [-0.25, -0.2) is 8.42 Å². The van der Waals surface area contributed by atoms with Crippen LogP contribution in [0.1, 0.15) is 19.8 Å². The first-order valence-corrected chi connectivity index (χ1v) is 4.13. The van der Waals surface area contributed by atoms with Gasteiger partial charge in [-0.15, -0.1) is 0 Å². The van der Waals surface area contributed by atoms with Gasteiger partial charge in [-0.05, 0) is 0 Å². The molecular weight excluding hydrogens is 206 g/mol. The molecule has 0 aromatic carbocycles. The van der Waals surface area contributed by atoms with Crippen molar-refractivity contribution >= 4 is 10.1 Å². The minimum atomic E-state index is -4.98. The molecule has 0 spiro atoms. The number of hydrogen-bond acceptors (Lipinski definition) is 4. The van der Waals surface area contributed by atoms with E-state index in [4.69, 9.17) is 4.55 Å². The van der Waals surface area contributed by atoms with Gasteiger partial charge in [0.15, 0.2) is 0 Å². The Balaban J connectivity index is -0.000000405. The third-order valence-electron chi connectivity index (χ3n) is 0.949. The molecule has 0 aliphatic carbocycles. The summed E-state index contributed by atoms with van der Waals surface area (Å²) in [6.07, 6.45) is -0.487. The molecule has 0 unspecified atom stereocenters. The molecule has 0 heterocycles. The zero-order valence-electron chi connectivity index (χ0n) is 7.40. The van der Waals surface area contributed by atoms with Crippen LogP contribution in [0, 0.1) is 0 Å². The fourth-order valence-electron chi connectivity index (χ4n) is 0.435. The Hall–Kier alpha value is 1.83. The molecule has 0 rings (SSSR count). The second kappa shape index (κ2) is 7.17. The molecule has 0 aromatic heterocycles. The van der Waals surface area contributed by atoms with Crippen molar-refractivity contribution in [1.82, 2.24) is 0 Å². The van der Waals surface area contributed by atoms with E-state index in [2.05, 4.69) is 0 Å². The van der Waals surface area contributed by atoms with Crippen LogP contribution in [0.25, 0.3) is 0 Å². The van der Waals surface area contributed by atoms with Crippen LogP contribution in [0.2, 0.25) is 0 Å². The number of hydrogen-bond donors (Lipinski definition) is 1. The molecule has 0 saturated carbocycles. The van der Waals surface area contributed by atoms with E-state index in [-0.39, 0.29) is 65.5 Å². The standard InChI is InChI=1S/C4H8O5S.2Na/c1-2-3-4(5,6)10(7,8)9;;/h2-3H2,1H3,(H,7,8,9);;/q-2;2*+1. The molecule has 0 radical (unpaired) electrons. The van der Waals surface area contributed by atoms with Gasteiger partial charge in [0.25, 0.3) is 0 Å². The van der Waals surface area contributed by atoms with E-state index in [1.807, 2.05) is 0 Å². The normalized spacial score (nSPS) is 11.3. The van der Waals surface area contributed by atoms with Crippen LogP contribution in [0.5, 0.6) is 0 Å². The van der Waals surface area contributed by atoms with Gasteiger partial charge in [0, 0.05) is 0 Å². The van der Waals surface area contributed by atoms with Crippen LogP contribution in [0.4, 0.5) is 0 Å². The van der Waals surface area contributed by atoms with Crippen LogP contribution in [-0.4, -0.2) is 18.1 Å². The Bertz CT molecular complexity index is 199.